The van der Waals surface area contributed by atoms with Crippen molar-refractivity contribution in [1.29, 1.82) is 0 Å². The van der Waals surface area contributed by atoms with Gasteiger partial charge in [-0.3, -0.25) is 9.63 Å². The Hall–Kier alpha value is -1.78. The Labute approximate surface area is 122 Å². The SMILES string of the molecule is O=C1CSC(c2ccccc2)N1OCc1ccccc1. The fraction of sp³-hybridized carbons (Fsp3) is 0.188. The van der Waals surface area contributed by atoms with E-state index in [1.807, 2.05) is 60.7 Å². The molecular formula is C16H15NO2S. The predicted molar refractivity (Wildman–Crippen MR) is 79.7 cm³/mol. The molecule has 20 heavy (non-hydrogen) atoms. The van der Waals surface area contributed by atoms with Crippen LogP contribution in [0.5, 0.6) is 0 Å². The van der Waals surface area contributed by atoms with E-state index < -0.39 is 0 Å². The molecule has 102 valence electrons. The Kier molecular flexibility index (Phi) is 4.04. The summed E-state index contributed by atoms with van der Waals surface area (Å²) in [7, 11) is 0. The highest BCUT2D eigenvalue weighted by Crippen LogP contribution is 2.38. The number of hydrogen-bond acceptors (Lipinski definition) is 3. The Bertz CT molecular complexity index is 574. The maximum Gasteiger partial charge on any atom is 0.257 e. The van der Waals surface area contributed by atoms with E-state index >= 15 is 0 Å². The quantitative estimate of drug-likeness (QED) is 0.862. The number of thioether (sulfide) groups is 1. The lowest BCUT2D eigenvalue weighted by atomic mass is 10.2. The second-order valence-electron chi connectivity index (χ2n) is 4.55. The molecule has 3 nitrogen and oxygen atoms in total. The minimum Gasteiger partial charge on any atom is -0.272 e. The maximum atomic E-state index is 12.0. The lowest BCUT2D eigenvalue weighted by molar-refractivity contribution is -0.190. The average Bonchev–Trinajstić information content (AvgIpc) is 2.88. The summed E-state index contributed by atoms with van der Waals surface area (Å²) >= 11 is 1.60. The number of benzene rings is 2. The van der Waals surface area contributed by atoms with Crippen molar-refractivity contribution in [2.24, 2.45) is 0 Å². The summed E-state index contributed by atoms with van der Waals surface area (Å²) in [5.74, 6) is 0.494. The second kappa shape index (κ2) is 6.11. The van der Waals surface area contributed by atoms with E-state index in [1.165, 1.54) is 5.06 Å². The van der Waals surface area contributed by atoms with Gasteiger partial charge in [-0.2, -0.15) is 0 Å². The van der Waals surface area contributed by atoms with Crippen molar-refractivity contribution in [3.8, 4) is 0 Å². The number of carbonyl (C=O) groups is 1. The summed E-state index contributed by atoms with van der Waals surface area (Å²) in [5, 5.41) is 1.46. The van der Waals surface area contributed by atoms with Crippen LogP contribution in [0.25, 0.3) is 0 Å². The Morgan fingerprint density at radius 1 is 1.05 bits per heavy atom. The van der Waals surface area contributed by atoms with Crippen molar-refractivity contribution in [3.63, 3.8) is 0 Å². The largest absolute Gasteiger partial charge is 0.272 e. The summed E-state index contributed by atoms with van der Waals surface area (Å²) < 4.78 is 0. The van der Waals surface area contributed by atoms with Crippen LogP contribution in [0.3, 0.4) is 0 Å². The smallest absolute Gasteiger partial charge is 0.257 e. The van der Waals surface area contributed by atoms with E-state index in [4.69, 9.17) is 4.84 Å². The zero-order chi connectivity index (χ0) is 13.8. The van der Waals surface area contributed by atoms with Crippen molar-refractivity contribution in [2.75, 3.05) is 5.75 Å². The third-order valence-electron chi connectivity index (χ3n) is 3.12. The molecule has 0 bridgehead atoms. The Morgan fingerprint density at radius 2 is 1.70 bits per heavy atom. The van der Waals surface area contributed by atoms with Gasteiger partial charge in [-0.15, -0.1) is 11.8 Å². The summed E-state index contributed by atoms with van der Waals surface area (Å²) in [4.78, 5) is 17.7. The highest BCUT2D eigenvalue weighted by Gasteiger charge is 2.34. The summed E-state index contributed by atoms with van der Waals surface area (Å²) in [6.45, 7) is 0.413. The van der Waals surface area contributed by atoms with Gasteiger partial charge in [-0.05, 0) is 11.1 Å². The number of hydroxylamine groups is 2. The first-order valence-electron chi connectivity index (χ1n) is 6.50. The molecule has 1 heterocycles. The van der Waals surface area contributed by atoms with E-state index in [-0.39, 0.29) is 11.3 Å². The molecule has 3 rings (SSSR count). The summed E-state index contributed by atoms with van der Waals surface area (Å²) in [6, 6.07) is 19.9. The second-order valence-corrected chi connectivity index (χ2v) is 5.62. The fourth-order valence-corrected chi connectivity index (χ4v) is 3.21. The van der Waals surface area contributed by atoms with E-state index in [0.29, 0.717) is 12.4 Å². The van der Waals surface area contributed by atoms with Crippen LogP contribution in [-0.4, -0.2) is 16.7 Å². The molecule has 1 saturated heterocycles. The first-order valence-corrected chi connectivity index (χ1v) is 7.55. The number of carbonyl (C=O) groups excluding carboxylic acids is 1. The number of hydrogen-bond donors (Lipinski definition) is 0. The molecule has 1 aliphatic heterocycles. The van der Waals surface area contributed by atoms with E-state index in [2.05, 4.69) is 0 Å². The van der Waals surface area contributed by atoms with Gasteiger partial charge in [-0.25, -0.2) is 5.06 Å². The van der Waals surface area contributed by atoms with E-state index in [0.717, 1.165) is 11.1 Å². The fourth-order valence-electron chi connectivity index (χ4n) is 2.12. The summed E-state index contributed by atoms with van der Waals surface area (Å²) in [5.41, 5.74) is 2.15. The van der Waals surface area contributed by atoms with Crippen molar-refractivity contribution in [3.05, 3.63) is 71.8 Å². The monoisotopic (exact) mass is 285 g/mol. The Balaban J connectivity index is 1.71. The van der Waals surface area contributed by atoms with E-state index in [1.54, 1.807) is 11.8 Å². The Morgan fingerprint density at radius 3 is 2.40 bits per heavy atom. The van der Waals surface area contributed by atoms with Crippen molar-refractivity contribution < 1.29 is 9.63 Å². The van der Waals surface area contributed by atoms with Gasteiger partial charge in [0.15, 0.2) is 0 Å². The minimum absolute atomic E-state index is 0.0276. The third kappa shape index (κ3) is 2.86. The van der Waals surface area contributed by atoms with Gasteiger partial charge >= 0.3 is 0 Å². The van der Waals surface area contributed by atoms with Crippen LogP contribution in [0.4, 0.5) is 0 Å². The molecule has 1 aliphatic rings. The molecule has 0 spiro atoms. The number of nitrogens with zero attached hydrogens (tertiary/aromatic N) is 1. The molecule has 1 unspecified atom stereocenters. The highest BCUT2D eigenvalue weighted by atomic mass is 32.2. The highest BCUT2D eigenvalue weighted by molar-refractivity contribution is 8.00. The third-order valence-corrected chi connectivity index (χ3v) is 4.31. The molecule has 0 aromatic heterocycles. The van der Waals surface area contributed by atoms with Crippen molar-refractivity contribution in [2.45, 2.75) is 12.0 Å². The predicted octanol–water partition coefficient (Wildman–Crippen LogP) is 3.39. The standard InChI is InChI=1S/C16H15NO2S/c18-15-12-20-16(14-9-5-2-6-10-14)17(15)19-11-13-7-3-1-4-8-13/h1-10,16H,11-12H2. The lowest BCUT2D eigenvalue weighted by Crippen LogP contribution is -2.28. The molecule has 0 saturated carbocycles. The van der Waals surface area contributed by atoms with Crippen LogP contribution < -0.4 is 0 Å². The van der Waals surface area contributed by atoms with Gasteiger partial charge in [0.2, 0.25) is 0 Å². The maximum absolute atomic E-state index is 12.0. The summed E-state index contributed by atoms with van der Waals surface area (Å²) in [6.07, 6.45) is 0. The van der Waals surface area contributed by atoms with Gasteiger partial charge in [0.25, 0.3) is 5.91 Å². The normalized spacial score (nSPS) is 18.5. The van der Waals surface area contributed by atoms with Crippen molar-refractivity contribution in [1.82, 2.24) is 5.06 Å². The van der Waals surface area contributed by atoms with Crippen molar-refractivity contribution >= 4 is 17.7 Å². The van der Waals surface area contributed by atoms with Gasteiger partial charge in [0, 0.05) is 0 Å². The molecule has 1 amide bonds. The number of rotatable bonds is 4. The molecule has 1 atom stereocenters. The molecule has 0 N–H and O–H groups in total. The van der Waals surface area contributed by atoms with Crippen LogP contribution in [0, 0.1) is 0 Å². The van der Waals surface area contributed by atoms with Crippen LogP contribution in [0.2, 0.25) is 0 Å². The molecule has 4 heteroatoms. The topological polar surface area (TPSA) is 29.5 Å². The molecular weight excluding hydrogens is 270 g/mol. The first-order chi connectivity index (χ1) is 9.84. The van der Waals surface area contributed by atoms with Gasteiger partial charge in [-0.1, -0.05) is 60.7 Å². The van der Waals surface area contributed by atoms with Gasteiger partial charge < -0.3 is 0 Å². The zero-order valence-electron chi connectivity index (χ0n) is 10.9. The van der Waals surface area contributed by atoms with Crippen LogP contribution in [-0.2, 0) is 16.2 Å². The van der Waals surface area contributed by atoms with Gasteiger partial charge in [0.05, 0.1) is 5.75 Å². The van der Waals surface area contributed by atoms with Gasteiger partial charge in [0.1, 0.15) is 12.0 Å². The molecule has 2 aromatic carbocycles. The molecule has 2 aromatic rings. The lowest BCUT2D eigenvalue weighted by Gasteiger charge is -2.23. The average molecular weight is 285 g/mol. The minimum atomic E-state index is -0.0487. The first kappa shape index (κ1) is 13.2. The number of amides is 1. The zero-order valence-corrected chi connectivity index (χ0v) is 11.8. The van der Waals surface area contributed by atoms with Crippen LogP contribution in [0.1, 0.15) is 16.5 Å². The van der Waals surface area contributed by atoms with Crippen LogP contribution >= 0.6 is 11.8 Å². The van der Waals surface area contributed by atoms with E-state index in [9.17, 15) is 4.79 Å². The molecule has 1 fully saturated rings. The molecule has 0 radical (unpaired) electrons. The van der Waals surface area contributed by atoms with Crippen LogP contribution in [0.15, 0.2) is 60.7 Å². The molecule has 0 aliphatic carbocycles.